The number of rotatable bonds is 8. The normalized spacial score (nSPS) is 11.7. The van der Waals surface area contributed by atoms with E-state index in [2.05, 4.69) is 20.5 Å². The molecular formula is C32H24ClN5O2. The fourth-order valence-electron chi connectivity index (χ4n) is 4.49. The maximum atomic E-state index is 13.4. The van der Waals surface area contributed by atoms with E-state index in [0.29, 0.717) is 28.9 Å². The van der Waals surface area contributed by atoms with Crippen molar-refractivity contribution in [3.8, 4) is 34.0 Å². The molecule has 4 aromatic carbocycles. The number of aromatic nitrogens is 4. The largest absolute Gasteiger partial charge is 0.416 e. The number of carbonyl (C=O) groups excluding carboxylic acids is 1. The van der Waals surface area contributed by atoms with Crippen LogP contribution in [-0.2, 0) is 6.54 Å². The van der Waals surface area contributed by atoms with E-state index < -0.39 is 0 Å². The van der Waals surface area contributed by atoms with Crippen LogP contribution < -0.4 is 5.32 Å². The van der Waals surface area contributed by atoms with E-state index in [4.69, 9.17) is 16.0 Å². The number of halogens is 1. The first-order valence-corrected chi connectivity index (χ1v) is 13.1. The Morgan fingerprint density at radius 2 is 1.43 bits per heavy atom. The van der Waals surface area contributed by atoms with E-state index >= 15 is 0 Å². The van der Waals surface area contributed by atoms with E-state index in [-0.39, 0.29) is 11.9 Å². The molecule has 0 bridgehead atoms. The summed E-state index contributed by atoms with van der Waals surface area (Å²) in [6, 6.07) is 32.2. The topological polar surface area (TPSA) is 85.8 Å². The van der Waals surface area contributed by atoms with Gasteiger partial charge in [0.1, 0.15) is 0 Å². The van der Waals surface area contributed by atoms with Crippen LogP contribution in [0.15, 0.2) is 126 Å². The van der Waals surface area contributed by atoms with Gasteiger partial charge in [0.25, 0.3) is 5.91 Å². The fraction of sp³-hybridized carbons (Fsp3) is 0.0625. The predicted molar refractivity (Wildman–Crippen MR) is 154 cm³/mol. The van der Waals surface area contributed by atoms with Crippen molar-refractivity contribution in [3.63, 3.8) is 0 Å². The Bertz CT molecular complexity index is 1720. The number of hydrogen-bond donors (Lipinski definition) is 1. The van der Waals surface area contributed by atoms with E-state index in [9.17, 15) is 4.79 Å². The average molecular weight is 546 g/mol. The van der Waals surface area contributed by atoms with Crippen LogP contribution in [0.5, 0.6) is 0 Å². The molecule has 0 aliphatic rings. The highest BCUT2D eigenvalue weighted by molar-refractivity contribution is 6.31. The number of benzene rings is 4. The van der Waals surface area contributed by atoms with Crippen LogP contribution in [-0.4, -0.2) is 25.7 Å². The van der Waals surface area contributed by atoms with Gasteiger partial charge < -0.3 is 14.3 Å². The smallest absolute Gasteiger partial charge is 0.251 e. The summed E-state index contributed by atoms with van der Waals surface area (Å²) in [7, 11) is 0. The number of carbonyl (C=O) groups is 1. The van der Waals surface area contributed by atoms with Crippen molar-refractivity contribution >= 4 is 17.5 Å². The lowest BCUT2D eigenvalue weighted by Crippen LogP contribution is -2.31. The molecule has 1 amide bonds. The van der Waals surface area contributed by atoms with E-state index in [1.807, 2.05) is 89.6 Å². The summed E-state index contributed by atoms with van der Waals surface area (Å²) in [5, 5.41) is 12.0. The van der Waals surface area contributed by atoms with Gasteiger partial charge in [-0.1, -0.05) is 72.3 Å². The molecule has 6 aromatic rings. The quantitative estimate of drug-likeness (QED) is 0.220. The van der Waals surface area contributed by atoms with E-state index in [1.54, 1.807) is 36.8 Å². The number of nitrogens with one attached hydrogen (secondary N) is 1. The molecule has 7 nitrogen and oxygen atoms in total. The first-order valence-electron chi connectivity index (χ1n) is 12.7. The van der Waals surface area contributed by atoms with Gasteiger partial charge in [0.15, 0.2) is 0 Å². The van der Waals surface area contributed by atoms with Crippen LogP contribution in [0, 0.1) is 0 Å². The van der Waals surface area contributed by atoms with E-state index in [1.165, 1.54) is 0 Å². The second-order valence-electron chi connectivity index (χ2n) is 9.24. The van der Waals surface area contributed by atoms with Gasteiger partial charge in [0.05, 0.1) is 12.4 Å². The molecule has 1 atom stereocenters. The van der Waals surface area contributed by atoms with Crippen LogP contribution in [0.4, 0.5) is 0 Å². The maximum Gasteiger partial charge on any atom is 0.251 e. The first-order chi connectivity index (χ1) is 19.6. The highest BCUT2D eigenvalue weighted by Crippen LogP contribution is 2.30. The Hall–Kier alpha value is -5.01. The molecule has 0 fully saturated rings. The molecule has 0 radical (unpaired) electrons. The second kappa shape index (κ2) is 11.4. The number of nitrogens with zero attached hydrogens (tertiary/aromatic N) is 4. The van der Waals surface area contributed by atoms with Gasteiger partial charge in [-0.2, -0.15) is 0 Å². The van der Waals surface area contributed by atoms with Crippen molar-refractivity contribution in [2.45, 2.75) is 12.6 Å². The zero-order chi connectivity index (χ0) is 27.3. The zero-order valence-electron chi connectivity index (χ0n) is 21.3. The Balaban J connectivity index is 1.22. The Morgan fingerprint density at radius 3 is 2.05 bits per heavy atom. The van der Waals surface area contributed by atoms with Crippen LogP contribution in [0.25, 0.3) is 34.0 Å². The van der Waals surface area contributed by atoms with Crippen molar-refractivity contribution in [2.24, 2.45) is 0 Å². The van der Waals surface area contributed by atoms with Crippen molar-refractivity contribution in [3.05, 3.63) is 138 Å². The third kappa shape index (κ3) is 5.55. The van der Waals surface area contributed by atoms with Crippen LogP contribution in [0.3, 0.4) is 0 Å². The number of amides is 1. The van der Waals surface area contributed by atoms with Gasteiger partial charge in [-0.3, -0.25) is 4.79 Å². The van der Waals surface area contributed by atoms with Crippen LogP contribution in [0.1, 0.15) is 22.0 Å². The maximum absolute atomic E-state index is 13.4. The molecular weight excluding hydrogens is 522 g/mol. The molecule has 0 spiro atoms. The summed E-state index contributed by atoms with van der Waals surface area (Å²) in [6.07, 6.45) is 5.28. The Labute approximate surface area is 236 Å². The minimum Gasteiger partial charge on any atom is -0.416 e. The number of imidazole rings is 1. The third-order valence-electron chi connectivity index (χ3n) is 6.58. The molecule has 2 heterocycles. The minimum absolute atomic E-state index is 0.227. The zero-order valence-corrected chi connectivity index (χ0v) is 22.1. The molecule has 0 unspecified atom stereocenters. The second-order valence-corrected chi connectivity index (χ2v) is 9.65. The molecule has 0 aliphatic carbocycles. The van der Waals surface area contributed by atoms with E-state index in [0.717, 1.165) is 27.8 Å². The van der Waals surface area contributed by atoms with Crippen LogP contribution >= 0.6 is 11.6 Å². The molecule has 6 rings (SSSR count). The molecule has 0 saturated heterocycles. The summed E-state index contributed by atoms with van der Waals surface area (Å²) in [5.41, 5.74) is 4.97. The molecule has 2 aromatic heterocycles. The molecule has 0 aliphatic heterocycles. The Kier molecular flexibility index (Phi) is 7.20. The van der Waals surface area contributed by atoms with Crippen molar-refractivity contribution < 1.29 is 9.21 Å². The molecule has 40 heavy (non-hydrogen) atoms. The summed E-state index contributed by atoms with van der Waals surface area (Å²) < 4.78 is 7.76. The van der Waals surface area contributed by atoms with Crippen molar-refractivity contribution in [1.82, 2.24) is 25.1 Å². The summed E-state index contributed by atoms with van der Waals surface area (Å²) >= 11 is 6.78. The summed E-state index contributed by atoms with van der Waals surface area (Å²) in [5.74, 6) is 0.597. The van der Waals surface area contributed by atoms with Gasteiger partial charge in [0, 0.05) is 40.7 Å². The third-order valence-corrected chi connectivity index (χ3v) is 6.91. The number of hydrogen-bond acceptors (Lipinski definition) is 5. The standard InChI is InChI=1S/C32H24ClN5O2/c33-28-19-26(22-7-3-1-4-8-22)15-16-27(28)29(20-38-18-17-34-21-38)35-30(39)23-11-13-25(14-12-23)32-37-36-31(40-32)24-9-5-2-6-10-24/h1-19,21,29H,20H2,(H,35,39)/t29-/m0/s1. The van der Waals surface area contributed by atoms with Gasteiger partial charge in [-0.05, 0) is 59.2 Å². The minimum atomic E-state index is -0.386. The van der Waals surface area contributed by atoms with Gasteiger partial charge in [-0.15, -0.1) is 10.2 Å². The molecule has 196 valence electrons. The lowest BCUT2D eigenvalue weighted by molar-refractivity contribution is 0.0932. The van der Waals surface area contributed by atoms with Crippen molar-refractivity contribution in [1.29, 1.82) is 0 Å². The first kappa shape index (κ1) is 25.3. The highest BCUT2D eigenvalue weighted by atomic mass is 35.5. The lowest BCUT2D eigenvalue weighted by atomic mass is 10.00. The SMILES string of the molecule is O=C(N[C@@H](Cn1ccnc1)c1ccc(-c2ccccc2)cc1Cl)c1ccc(-c2nnc(-c3ccccc3)o2)cc1. The van der Waals surface area contributed by atoms with Gasteiger partial charge in [0.2, 0.25) is 11.8 Å². The fourth-order valence-corrected chi connectivity index (χ4v) is 4.80. The lowest BCUT2D eigenvalue weighted by Gasteiger charge is -2.21. The average Bonchev–Trinajstić information content (AvgIpc) is 3.71. The summed E-state index contributed by atoms with van der Waals surface area (Å²) in [6.45, 7) is 0.471. The highest BCUT2D eigenvalue weighted by Gasteiger charge is 2.20. The van der Waals surface area contributed by atoms with Crippen LogP contribution in [0.2, 0.25) is 5.02 Å². The molecule has 1 N–H and O–H groups in total. The van der Waals surface area contributed by atoms with Gasteiger partial charge >= 0.3 is 0 Å². The monoisotopic (exact) mass is 545 g/mol. The predicted octanol–water partition coefficient (Wildman–Crippen LogP) is 7.09. The van der Waals surface area contributed by atoms with Crippen molar-refractivity contribution in [2.75, 3.05) is 0 Å². The Morgan fingerprint density at radius 1 is 0.800 bits per heavy atom. The van der Waals surface area contributed by atoms with Gasteiger partial charge in [-0.25, -0.2) is 4.98 Å². The molecule has 8 heteroatoms. The summed E-state index contributed by atoms with van der Waals surface area (Å²) in [4.78, 5) is 17.5. The molecule has 0 saturated carbocycles.